The lowest BCUT2D eigenvalue weighted by atomic mass is 9.99. The van der Waals surface area contributed by atoms with Crippen LogP contribution in [0.1, 0.15) is 24.1 Å². The predicted molar refractivity (Wildman–Crippen MR) is 62.4 cm³/mol. The van der Waals surface area contributed by atoms with Crippen molar-refractivity contribution in [3.05, 3.63) is 16.4 Å². The largest absolute Gasteiger partial charge is 0.308 e. The second-order valence-corrected chi connectivity index (χ2v) is 4.81. The van der Waals surface area contributed by atoms with Gasteiger partial charge in [0.25, 0.3) is 0 Å². The topological polar surface area (TPSA) is 21.1 Å². The maximum Gasteiger partial charge on any atom is 0.130 e. The molecule has 1 aliphatic rings. The molecule has 15 heavy (non-hydrogen) atoms. The first-order chi connectivity index (χ1) is 7.18. The van der Waals surface area contributed by atoms with Crippen LogP contribution >= 0.6 is 11.6 Å². The van der Waals surface area contributed by atoms with E-state index in [1.54, 1.807) is 0 Å². The highest BCUT2D eigenvalue weighted by atomic mass is 35.5. The molecule has 0 fully saturated rings. The summed E-state index contributed by atoms with van der Waals surface area (Å²) in [6.07, 6.45) is 4.72. The molecule has 0 bridgehead atoms. The van der Waals surface area contributed by atoms with Crippen LogP contribution in [0.4, 0.5) is 0 Å². The van der Waals surface area contributed by atoms with E-state index in [4.69, 9.17) is 11.6 Å². The van der Waals surface area contributed by atoms with E-state index in [0.29, 0.717) is 0 Å². The van der Waals surface area contributed by atoms with Crippen LogP contribution in [0.25, 0.3) is 0 Å². The first kappa shape index (κ1) is 11.0. The second kappa shape index (κ2) is 4.54. The number of aromatic nitrogens is 2. The molecule has 0 atom stereocenters. The minimum Gasteiger partial charge on any atom is -0.308 e. The molecule has 84 valence electrons. The zero-order valence-corrected chi connectivity index (χ0v) is 10.2. The Morgan fingerprint density at radius 3 is 2.73 bits per heavy atom. The summed E-state index contributed by atoms with van der Waals surface area (Å²) in [7, 11) is 4.13. The van der Waals surface area contributed by atoms with Crippen LogP contribution in [0.5, 0.6) is 0 Å². The summed E-state index contributed by atoms with van der Waals surface area (Å²) < 4.78 is 1.96. The number of likely N-dealkylation sites (N-methyl/N-ethyl adjacent to an activating group) is 1. The molecule has 0 radical (unpaired) electrons. The standard InChI is InChI=1S/C11H18ClN3/c1-14(2)7-8-15-11(12)9-5-3-4-6-10(9)13-15/h3-8H2,1-2H3. The Bertz CT molecular complexity index is 344. The fourth-order valence-electron chi connectivity index (χ4n) is 2.01. The molecule has 0 saturated heterocycles. The fraction of sp³-hybridized carbons (Fsp3) is 0.727. The molecule has 0 unspecified atom stereocenters. The van der Waals surface area contributed by atoms with Crippen LogP contribution in [0.2, 0.25) is 5.15 Å². The lowest BCUT2D eigenvalue weighted by Crippen LogP contribution is -2.19. The number of nitrogens with zero attached hydrogens (tertiary/aromatic N) is 3. The van der Waals surface area contributed by atoms with Crippen LogP contribution in [0, 0.1) is 0 Å². The highest BCUT2D eigenvalue weighted by Gasteiger charge is 2.18. The van der Waals surface area contributed by atoms with Gasteiger partial charge < -0.3 is 4.90 Å². The monoisotopic (exact) mass is 227 g/mol. The van der Waals surface area contributed by atoms with Gasteiger partial charge in [0.05, 0.1) is 12.2 Å². The molecule has 0 aromatic carbocycles. The van der Waals surface area contributed by atoms with Gasteiger partial charge in [-0.05, 0) is 39.8 Å². The van der Waals surface area contributed by atoms with Gasteiger partial charge in [0.15, 0.2) is 0 Å². The molecular weight excluding hydrogens is 210 g/mol. The van der Waals surface area contributed by atoms with Crippen LogP contribution in [-0.4, -0.2) is 35.3 Å². The molecule has 1 aliphatic carbocycles. The van der Waals surface area contributed by atoms with Gasteiger partial charge in [0.1, 0.15) is 5.15 Å². The van der Waals surface area contributed by atoms with Crippen molar-refractivity contribution in [2.24, 2.45) is 0 Å². The predicted octanol–water partition coefficient (Wildman–Crippen LogP) is 1.98. The van der Waals surface area contributed by atoms with Gasteiger partial charge in [-0.2, -0.15) is 5.10 Å². The molecule has 2 rings (SSSR count). The van der Waals surface area contributed by atoms with Crippen molar-refractivity contribution < 1.29 is 0 Å². The fourth-order valence-corrected chi connectivity index (χ4v) is 2.34. The minimum absolute atomic E-state index is 0.867. The summed E-state index contributed by atoms with van der Waals surface area (Å²) in [5.74, 6) is 0. The summed E-state index contributed by atoms with van der Waals surface area (Å²) in [5.41, 5.74) is 2.52. The van der Waals surface area contributed by atoms with Crippen molar-refractivity contribution in [1.29, 1.82) is 0 Å². The Morgan fingerprint density at radius 1 is 1.33 bits per heavy atom. The third-order valence-electron chi connectivity index (χ3n) is 2.91. The van der Waals surface area contributed by atoms with E-state index >= 15 is 0 Å². The number of hydrogen-bond acceptors (Lipinski definition) is 2. The average Bonchev–Trinajstić information content (AvgIpc) is 2.54. The highest BCUT2D eigenvalue weighted by Crippen LogP contribution is 2.27. The molecule has 1 aromatic rings. The van der Waals surface area contributed by atoms with E-state index in [2.05, 4.69) is 24.1 Å². The summed E-state index contributed by atoms with van der Waals surface area (Å²) in [6.45, 7) is 1.87. The second-order valence-electron chi connectivity index (χ2n) is 4.45. The molecule has 3 nitrogen and oxygen atoms in total. The van der Waals surface area contributed by atoms with Crippen molar-refractivity contribution in [1.82, 2.24) is 14.7 Å². The van der Waals surface area contributed by atoms with Gasteiger partial charge in [-0.25, -0.2) is 0 Å². The molecule has 0 aliphatic heterocycles. The Hall–Kier alpha value is -0.540. The summed E-state index contributed by atoms with van der Waals surface area (Å²) >= 11 is 6.31. The summed E-state index contributed by atoms with van der Waals surface area (Å²) in [6, 6.07) is 0. The summed E-state index contributed by atoms with van der Waals surface area (Å²) in [5, 5.41) is 5.45. The third-order valence-corrected chi connectivity index (χ3v) is 3.34. The van der Waals surface area contributed by atoms with Crippen molar-refractivity contribution in [3.8, 4) is 0 Å². The number of hydrogen-bond donors (Lipinski definition) is 0. The van der Waals surface area contributed by atoms with Gasteiger partial charge in [-0.15, -0.1) is 0 Å². The quantitative estimate of drug-likeness (QED) is 0.788. The van der Waals surface area contributed by atoms with Crippen molar-refractivity contribution in [2.75, 3.05) is 20.6 Å². The van der Waals surface area contributed by atoms with Crippen molar-refractivity contribution in [2.45, 2.75) is 32.2 Å². The molecule has 1 aromatic heterocycles. The van der Waals surface area contributed by atoms with Crippen molar-refractivity contribution >= 4 is 11.6 Å². The lowest BCUT2D eigenvalue weighted by molar-refractivity contribution is 0.372. The Morgan fingerprint density at radius 2 is 2.07 bits per heavy atom. The molecular formula is C11H18ClN3. The Labute approximate surface area is 96.0 Å². The molecule has 4 heteroatoms. The van der Waals surface area contributed by atoms with Crippen molar-refractivity contribution in [3.63, 3.8) is 0 Å². The zero-order chi connectivity index (χ0) is 10.8. The SMILES string of the molecule is CN(C)CCn1nc2c(c1Cl)CCCC2. The van der Waals surface area contributed by atoms with Gasteiger partial charge in [-0.3, -0.25) is 4.68 Å². The smallest absolute Gasteiger partial charge is 0.130 e. The van der Waals surface area contributed by atoms with E-state index < -0.39 is 0 Å². The van der Waals surface area contributed by atoms with E-state index in [9.17, 15) is 0 Å². The third kappa shape index (κ3) is 2.34. The van der Waals surface area contributed by atoms with E-state index in [0.717, 1.165) is 31.1 Å². The highest BCUT2D eigenvalue weighted by molar-refractivity contribution is 6.30. The number of rotatable bonds is 3. The normalized spacial score (nSPS) is 15.7. The Kier molecular flexibility index (Phi) is 3.32. The molecule has 1 heterocycles. The van der Waals surface area contributed by atoms with E-state index in [1.807, 2.05) is 4.68 Å². The lowest BCUT2D eigenvalue weighted by Gasteiger charge is -2.09. The van der Waals surface area contributed by atoms with Crippen LogP contribution in [-0.2, 0) is 19.4 Å². The van der Waals surface area contributed by atoms with Gasteiger partial charge in [-0.1, -0.05) is 11.6 Å². The number of fused-ring (bicyclic) bond motifs is 1. The molecule has 0 spiro atoms. The van der Waals surface area contributed by atoms with Gasteiger partial charge in [0.2, 0.25) is 0 Å². The van der Waals surface area contributed by atoms with E-state index in [-0.39, 0.29) is 0 Å². The zero-order valence-electron chi connectivity index (χ0n) is 9.46. The van der Waals surface area contributed by atoms with Crippen LogP contribution in [0.3, 0.4) is 0 Å². The first-order valence-corrected chi connectivity index (χ1v) is 5.95. The van der Waals surface area contributed by atoms with E-state index in [1.165, 1.54) is 24.1 Å². The molecule has 0 N–H and O–H groups in total. The van der Waals surface area contributed by atoms with Crippen LogP contribution < -0.4 is 0 Å². The minimum atomic E-state index is 0.867. The first-order valence-electron chi connectivity index (χ1n) is 5.57. The number of halogens is 1. The number of aryl methyl sites for hydroxylation is 1. The molecule has 0 saturated carbocycles. The maximum atomic E-state index is 6.31. The van der Waals surface area contributed by atoms with Gasteiger partial charge >= 0.3 is 0 Å². The average molecular weight is 228 g/mol. The van der Waals surface area contributed by atoms with Crippen LogP contribution in [0.15, 0.2) is 0 Å². The maximum absolute atomic E-state index is 6.31. The van der Waals surface area contributed by atoms with Gasteiger partial charge in [0, 0.05) is 12.1 Å². The Balaban J connectivity index is 2.14. The molecule has 0 amide bonds. The summed E-state index contributed by atoms with van der Waals surface area (Å²) in [4.78, 5) is 2.15.